The molecule has 1 N–H and O–H groups in total. The van der Waals surface area contributed by atoms with Gasteiger partial charge in [-0.05, 0) is 37.3 Å². The van der Waals surface area contributed by atoms with E-state index in [-0.39, 0.29) is 29.6 Å². The lowest BCUT2D eigenvalue weighted by molar-refractivity contribution is 0.0730. The minimum atomic E-state index is -3.72. The van der Waals surface area contributed by atoms with Crippen LogP contribution in [0, 0.1) is 0 Å². The average Bonchev–Trinajstić information content (AvgIpc) is 3.14. The molecule has 1 fully saturated rings. The number of hydrogen-bond acceptors (Lipinski definition) is 6. The van der Waals surface area contributed by atoms with Gasteiger partial charge in [0, 0.05) is 18.0 Å². The van der Waals surface area contributed by atoms with Crippen molar-refractivity contribution >= 4 is 38.9 Å². The lowest BCUT2D eigenvalue weighted by Gasteiger charge is -2.26. The third-order valence-electron chi connectivity index (χ3n) is 4.39. The number of amides is 1. The number of nitrogens with one attached hydrogen (secondary N) is 1. The zero-order valence-corrected chi connectivity index (χ0v) is 17.9. The maximum Gasteiger partial charge on any atom is 0.255 e. The summed E-state index contributed by atoms with van der Waals surface area (Å²) in [6.45, 7) is 3.10. The summed E-state index contributed by atoms with van der Waals surface area (Å²) in [6.07, 6.45) is 0. The first-order valence-electron chi connectivity index (χ1n) is 8.65. The lowest BCUT2D eigenvalue weighted by Crippen LogP contribution is -2.40. The van der Waals surface area contributed by atoms with Crippen LogP contribution in [0.15, 0.2) is 35.2 Å². The minimum Gasteiger partial charge on any atom is -0.496 e. The van der Waals surface area contributed by atoms with E-state index in [0.717, 1.165) is 4.88 Å². The largest absolute Gasteiger partial charge is 0.496 e. The molecule has 1 aromatic heterocycles. The number of carbonyl (C=O) groups is 1. The Balaban J connectivity index is 1.87. The van der Waals surface area contributed by atoms with Crippen molar-refractivity contribution < 1.29 is 22.7 Å². The van der Waals surface area contributed by atoms with E-state index in [1.54, 1.807) is 6.07 Å². The van der Waals surface area contributed by atoms with Gasteiger partial charge in [-0.15, -0.1) is 11.3 Å². The van der Waals surface area contributed by atoms with Crippen LogP contribution in [-0.4, -0.2) is 52.0 Å². The maximum atomic E-state index is 12.9. The molecule has 1 aromatic carbocycles. The van der Waals surface area contributed by atoms with Crippen LogP contribution in [0.3, 0.4) is 0 Å². The van der Waals surface area contributed by atoms with Crippen molar-refractivity contribution in [2.45, 2.75) is 17.9 Å². The molecule has 2 aromatic rings. The fourth-order valence-electron chi connectivity index (χ4n) is 2.87. The summed E-state index contributed by atoms with van der Waals surface area (Å²) in [6, 6.07) is 7.62. The van der Waals surface area contributed by atoms with Crippen LogP contribution in [0.1, 0.15) is 28.2 Å². The van der Waals surface area contributed by atoms with Crippen LogP contribution in [0.5, 0.6) is 5.75 Å². The molecule has 2 heterocycles. The first kappa shape index (κ1) is 21.1. The van der Waals surface area contributed by atoms with Crippen molar-refractivity contribution in [3.05, 3.63) is 45.1 Å². The smallest absolute Gasteiger partial charge is 0.255 e. The topological polar surface area (TPSA) is 84.9 Å². The molecule has 1 aliphatic heterocycles. The zero-order chi connectivity index (χ0) is 20.3. The van der Waals surface area contributed by atoms with Crippen LogP contribution in [0.4, 0.5) is 0 Å². The van der Waals surface area contributed by atoms with Gasteiger partial charge < -0.3 is 14.8 Å². The third kappa shape index (κ3) is 4.49. The average molecular weight is 445 g/mol. The minimum absolute atomic E-state index is 0.0483. The van der Waals surface area contributed by atoms with Crippen LogP contribution < -0.4 is 10.1 Å². The second-order valence-electron chi connectivity index (χ2n) is 6.22. The van der Waals surface area contributed by atoms with Gasteiger partial charge in [-0.3, -0.25) is 4.79 Å². The second-order valence-corrected chi connectivity index (χ2v) is 9.90. The second kappa shape index (κ2) is 8.79. The predicted octanol–water partition coefficient (Wildman–Crippen LogP) is 2.92. The third-order valence-corrected chi connectivity index (χ3v) is 7.70. The number of methoxy groups -OCH3 is 1. The Bertz CT molecular complexity index is 955. The molecule has 0 radical (unpaired) electrons. The van der Waals surface area contributed by atoms with Gasteiger partial charge in [-0.1, -0.05) is 11.6 Å². The van der Waals surface area contributed by atoms with E-state index in [9.17, 15) is 13.2 Å². The molecule has 0 aliphatic carbocycles. The summed E-state index contributed by atoms with van der Waals surface area (Å²) in [5, 5.41) is 2.86. The van der Waals surface area contributed by atoms with E-state index in [2.05, 4.69) is 5.32 Å². The summed E-state index contributed by atoms with van der Waals surface area (Å²) >= 11 is 7.33. The molecule has 3 rings (SSSR count). The Morgan fingerprint density at radius 2 is 2.00 bits per heavy atom. The Labute approximate surface area is 173 Å². The van der Waals surface area contributed by atoms with Gasteiger partial charge >= 0.3 is 0 Å². The van der Waals surface area contributed by atoms with Gasteiger partial charge in [-0.2, -0.15) is 4.31 Å². The van der Waals surface area contributed by atoms with Gasteiger partial charge in [0.25, 0.3) is 5.91 Å². The van der Waals surface area contributed by atoms with Crippen molar-refractivity contribution in [2.24, 2.45) is 0 Å². The number of benzene rings is 1. The summed E-state index contributed by atoms with van der Waals surface area (Å²) < 4.78 is 38.3. The lowest BCUT2D eigenvalue weighted by atomic mass is 10.1. The van der Waals surface area contributed by atoms with E-state index in [4.69, 9.17) is 21.1 Å². The molecule has 1 saturated heterocycles. The molecular weight excluding hydrogens is 424 g/mol. The van der Waals surface area contributed by atoms with Crippen molar-refractivity contribution in [3.63, 3.8) is 0 Å². The molecule has 0 bridgehead atoms. The number of nitrogens with zero attached hydrogens (tertiary/aromatic N) is 1. The van der Waals surface area contributed by atoms with Crippen LogP contribution >= 0.6 is 22.9 Å². The molecule has 1 aliphatic rings. The van der Waals surface area contributed by atoms with E-state index in [1.807, 2.05) is 13.0 Å². The standard InChI is InChI=1S/C18H21ClN2O5S2/c1-12(16-5-6-17(19)27-16)20-18(22)14-11-13(3-4-15(14)25-2)28(23,24)21-7-9-26-10-8-21/h3-6,11-12H,7-10H2,1-2H3,(H,20,22). The molecule has 0 spiro atoms. The normalized spacial score (nSPS) is 16.5. The van der Waals surface area contributed by atoms with Gasteiger partial charge in [0.15, 0.2) is 0 Å². The SMILES string of the molecule is COc1ccc(S(=O)(=O)N2CCOCC2)cc1C(=O)NC(C)c1ccc(Cl)s1. The number of carbonyl (C=O) groups excluding carboxylic acids is 1. The molecule has 152 valence electrons. The van der Waals surface area contributed by atoms with Crippen molar-refractivity contribution in [3.8, 4) is 5.75 Å². The number of morpholine rings is 1. The predicted molar refractivity (Wildman–Crippen MR) is 108 cm³/mol. The summed E-state index contributed by atoms with van der Waals surface area (Å²) in [4.78, 5) is 13.8. The fourth-order valence-corrected chi connectivity index (χ4v) is 5.37. The number of rotatable bonds is 6. The van der Waals surface area contributed by atoms with E-state index < -0.39 is 15.9 Å². The molecule has 7 nitrogen and oxygen atoms in total. The maximum absolute atomic E-state index is 12.9. The molecule has 0 saturated carbocycles. The summed E-state index contributed by atoms with van der Waals surface area (Å²) in [5.41, 5.74) is 0.159. The molecule has 28 heavy (non-hydrogen) atoms. The highest BCUT2D eigenvalue weighted by Crippen LogP contribution is 2.29. The van der Waals surface area contributed by atoms with Gasteiger partial charge in [0.2, 0.25) is 10.0 Å². The fraction of sp³-hybridized carbons (Fsp3) is 0.389. The number of sulfonamides is 1. The Morgan fingerprint density at radius 3 is 2.61 bits per heavy atom. The molecule has 1 atom stereocenters. The molecular formula is C18H21ClN2O5S2. The zero-order valence-electron chi connectivity index (χ0n) is 15.5. The highest BCUT2D eigenvalue weighted by atomic mass is 35.5. The number of ether oxygens (including phenoxy) is 2. The molecule has 1 unspecified atom stereocenters. The van der Waals surface area contributed by atoms with Gasteiger partial charge in [0.05, 0.1) is 41.2 Å². The monoisotopic (exact) mass is 444 g/mol. The van der Waals surface area contributed by atoms with Crippen LogP contribution in [0.2, 0.25) is 4.34 Å². The molecule has 1 amide bonds. The Hall–Kier alpha value is -1.65. The highest BCUT2D eigenvalue weighted by Gasteiger charge is 2.28. The summed E-state index contributed by atoms with van der Waals surface area (Å²) in [5.74, 6) is -0.122. The quantitative estimate of drug-likeness (QED) is 0.740. The van der Waals surface area contributed by atoms with Gasteiger partial charge in [0.1, 0.15) is 5.75 Å². The number of thiophene rings is 1. The number of hydrogen-bond donors (Lipinski definition) is 1. The van der Waals surface area contributed by atoms with Crippen LogP contribution in [0.25, 0.3) is 0 Å². The van der Waals surface area contributed by atoms with Gasteiger partial charge in [-0.25, -0.2) is 8.42 Å². The summed E-state index contributed by atoms with van der Waals surface area (Å²) in [7, 11) is -2.28. The van der Waals surface area contributed by atoms with E-state index in [0.29, 0.717) is 23.3 Å². The first-order chi connectivity index (χ1) is 13.3. The van der Waals surface area contributed by atoms with E-state index >= 15 is 0 Å². The highest BCUT2D eigenvalue weighted by molar-refractivity contribution is 7.89. The number of halogens is 1. The molecule has 10 heteroatoms. The van der Waals surface area contributed by atoms with Crippen molar-refractivity contribution in [2.75, 3.05) is 33.4 Å². The van der Waals surface area contributed by atoms with Crippen molar-refractivity contribution in [1.82, 2.24) is 9.62 Å². The first-order valence-corrected chi connectivity index (χ1v) is 11.3. The van der Waals surface area contributed by atoms with Crippen LogP contribution in [-0.2, 0) is 14.8 Å². The van der Waals surface area contributed by atoms with Crippen molar-refractivity contribution in [1.29, 1.82) is 0 Å². The Kier molecular flexibility index (Phi) is 6.61. The van der Waals surface area contributed by atoms with E-state index in [1.165, 1.54) is 41.0 Å². The Morgan fingerprint density at radius 1 is 1.29 bits per heavy atom.